The van der Waals surface area contributed by atoms with E-state index in [4.69, 9.17) is 23.2 Å². The molecule has 0 fully saturated rings. The Morgan fingerprint density at radius 1 is 1.05 bits per heavy atom. The first-order valence-corrected chi connectivity index (χ1v) is 7.14. The van der Waals surface area contributed by atoms with Crippen molar-refractivity contribution in [1.29, 1.82) is 0 Å². The molecule has 114 valence electrons. The molecule has 2 N–H and O–H groups in total. The van der Waals surface area contributed by atoms with Crippen LogP contribution in [0.4, 0.5) is 0 Å². The SMILES string of the molecule is O=C(O)c1ccccc1CC(C(=O)O)c1cc(Cl)ccc1Cl. The number of carboxylic acid groups (broad SMARTS) is 2. The van der Waals surface area contributed by atoms with Gasteiger partial charge in [0.25, 0.3) is 0 Å². The highest BCUT2D eigenvalue weighted by Gasteiger charge is 2.25. The third-order valence-electron chi connectivity index (χ3n) is 3.30. The Labute approximate surface area is 136 Å². The summed E-state index contributed by atoms with van der Waals surface area (Å²) in [5.74, 6) is -3.17. The minimum atomic E-state index is -1.10. The van der Waals surface area contributed by atoms with E-state index in [2.05, 4.69) is 0 Å². The quantitative estimate of drug-likeness (QED) is 0.860. The van der Waals surface area contributed by atoms with E-state index in [0.29, 0.717) is 16.1 Å². The van der Waals surface area contributed by atoms with Crippen molar-refractivity contribution in [2.75, 3.05) is 0 Å². The molecule has 1 atom stereocenters. The van der Waals surface area contributed by atoms with Crippen molar-refractivity contribution in [3.63, 3.8) is 0 Å². The van der Waals surface area contributed by atoms with Gasteiger partial charge in [-0.25, -0.2) is 4.79 Å². The average Bonchev–Trinajstić information content (AvgIpc) is 2.47. The van der Waals surface area contributed by atoms with Crippen molar-refractivity contribution in [3.05, 3.63) is 69.2 Å². The van der Waals surface area contributed by atoms with Gasteiger partial charge < -0.3 is 10.2 Å². The number of halogens is 2. The van der Waals surface area contributed by atoms with Crippen molar-refractivity contribution in [1.82, 2.24) is 0 Å². The van der Waals surface area contributed by atoms with Gasteiger partial charge in [0.2, 0.25) is 0 Å². The standard InChI is InChI=1S/C16H12Cl2O4/c17-10-5-6-14(18)12(8-10)13(16(21)22)7-9-3-1-2-4-11(9)15(19)20/h1-6,8,13H,7H2,(H,19,20)(H,21,22). The maximum atomic E-state index is 11.6. The number of aromatic carboxylic acids is 1. The van der Waals surface area contributed by atoms with Crippen molar-refractivity contribution >= 4 is 35.1 Å². The fourth-order valence-electron chi connectivity index (χ4n) is 2.24. The molecule has 22 heavy (non-hydrogen) atoms. The average molecular weight is 339 g/mol. The molecule has 0 bridgehead atoms. The summed E-state index contributed by atoms with van der Waals surface area (Å²) in [6.45, 7) is 0. The zero-order valence-electron chi connectivity index (χ0n) is 11.3. The Hall–Kier alpha value is -2.04. The fraction of sp³-hybridized carbons (Fsp3) is 0.125. The summed E-state index contributed by atoms with van der Waals surface area (Å²) in [4.78, 5) is 22.8. The molecule has 6 heteroatoms. The van der Waals surface area contributed by atoms with Gasteiger partial charge in [0.1, 0.15) is 0 Å². The van der Waals surface area contributed by atoms with Crippen LogP contribution in [0, 0.1) is 0 Å². The van der Waals surface area contributed by atoms with E-state index in [1.54, 1.807) is 24.3 Å². The minimum absolute atomic E-state index is 0.0118. The van der Waals surface area contributed by atoms with Gasteiger partial charge in [-0.05, 0) is 41.8 Å². The first kappa shape index (κ1) is 16.3. The second-order valence-corrected chi connectivity index (χ2v) is 5.57. The van der Waals surface area contributed by atoms with Crippen LogP contribution in [0.15, 0.2) is 42.5 Å². The predicted molar refractivity (Wildman–Crippen MR) is 83.9 cm³/mol. The maximum absolute atomic E-state index is 11.6. The van der Waals surface area contributed by atoms with Crippen LogP contribution in [-0.4, -0.2) is 22.2 Å². The first-order valence-electron chi connectivity index (χ1n) is 6.39. The van der Waals surface area contributed by atoms with Gasteiger partial charge in [-0.15, -0.1) is 0 Å². The van der Waals surface area contributed by atoms with Crippen LogP contribution in [-0.2, 0) is 11.2 Å². The second kappa shape index (κ2) is 6.81. The van der Waals surface area contributed by atoms with Crippen molar-refractivity contribution in [2.45, 2.75) is 12.3 Å². The number of aliphatic carboxylic acids is 1. The van der Waals surface area contributed by atoms with Crippen LogP contribution < -0.4 is 0 Å². The van der Waals surface area contributed by atoms with Crippen LogP contribution in [0.3, 0.4) is 0 Å². The lowest BCUT2D eigenvalue weighted by molar-refractivity contribution is -0.138. The van der Waals surface area contributed by atoms with Gasteiger partial charge >= 0.3 is 11.9 Å². The van der Waals surface area contributed by atoms with E-state index in [9.17, 15) is 19.8 Å². The van der Waals surface area contributed by atoms with E-state index < -0.39 is 17.9 Å². The molecule has 0 aliphatic heterocycles. The Kier molecular flexibility index (Phi) is 5.06. The molecule has 2 rings (SSSR count). The summed E-state index contributed by atoms with van der Waals surface area (Å²) >= 11 is 12.0. The van der Waals surface area contributed by atoms with E-state index in [0.717, 1.165) is 0 Å². The molecule has 4 nitrogen and oxygen atoms in total. The summed E-state index contributed by atoms with van der Waals surface area (Å²) in [7, 11) is 0. The Bertz CT molecular complexity index is 728. The number of carboxylic acids is 2. The molecule has 2 aromatic rings. The van der Waals surface area contributed by atoms with Gasteiger partial charge in [0.05, 0.1) is 11.5 Å². The van der Waals surface area contributed by atoms with Crippen molar-refractivity contribution in [3.8, 4) is 0 Å². The summed E-state index contributed by atoms with van der Waals surface area (Å²) in [6.07, 6.45) is 0.0118. The fourth-order valence-corrected chi connectivity index (χ4v) is 2.67. The van der Waals surface area contributed by atoms with Gasteiger partial charge in [-0.1, -0.05) is 41.4 Å². The third kappa shape index (κ3) is 3.59. The molecule has 0 spiro atoms. The third-order valence-corrected chi connectivity index (χ3v) is 3.88. The van der Waals surface area contributed by atoms with Gasteiger partial charge in [0, 0.05) is 10.0 Å². The monoisotopic (exact) mass is 338 g/mol. The van der Waals surface area contributed by atoms with Crippen LogP contribution in [0.2, 0.25) is 10.0 Å². The molecule has 2 aromatic carbocycles. The zero-order valence-corrected chi connectivity index (χ0v) is 12.8. The molecular weight excluding hydrogens is 327 g/mol. The highest BCUT2D eigenvalue weighted by molar-refractivity contribution is 6.33. The van der Waals surface area contributed by atoms with Crippen LogP contribution in [0.1, 0.15) is 27.4 Å². The lowest BCUT2D eigenvalue weighted by Gasteiger charge is -2.16. The Morgan fingerprint density at radius 3 is 2.36 bits per heavy atom. The minimum Gasteiger partial charge on any atom is -0.481 e. The summed E-state index contributed by atoms with van der Waals surface area (Å²) < 4.78 is 0. The molecule has 0 aliphatic carbocycles. The lowest BCUT2D eigenvalue weighted by atomic mass is 9.90. The number of hydrogen-bond acceptors (Lipinski definition) is 2. The van der Waals surface area contributed by atoms with Gasteiger partial charge in [-0.3, -0.25) is 4.79 Å². The van der Waals surface area contributed by atoms with Gasteiger partial charge in [0.15, 0.2) is 0 Å². The van der Waals surface area contributed by atoms with Crippen molar-refractivity contribution < 1.29 is 19.8 Å². The molecule has 0 radical (unpaired) electrons. The smallest absolute Gasteiger partial charge is 0.335 e. The molecule has 0 aromatic heterocycles. The van der Waals surface area contributed by atoms with E-state index in [-0.39, 0.29) is 17.0 Å². The van der Waals surface area contributed by atoms with Crippen LogP contribution in [0.5, 0.6) is 0 Å². The molecular formula is C16H12Cl2O4. The normalized spacial score (nSPS) is 11.9. The van der Waals surface area contributed by atoms with E-state index >= 15 is 0 Å². The number of hydrogen-bond donors (Lipinski definition) is 2. The molecule has 1 unspecified atom stereocenters. The summed E-state index contributed by atoms with van der Waals surface area (Å²) in [6, 6.07) is 10.9. The number of rotatable bonds is 5. The second-order valence-electron chi connectivity index (χ2n) is 4.72. The summed E-state index contributed by atoms with van der Waals surface area (Å²) in [5.41, 5.74) is 0.868. The van der Waals surface area contributed by atoms with Crippen LogP contribution >= 0.6 is 23.2 Å². The van der Waals surface area contributed by atoms with Crippen LogP contribution in [0.25, 0.3) is 0 Å². The van der Waals surface area contributed by atoms with Crippen molar-refractivity contribution in [2.24, 2.45) is 0 Å². The predicted octanol–water partition coefficient (Wildman–Crippen LogP) is 4.10. The Morgan fingerprint density at radius 2 is 1.73 bits per heavy atom. The first-order chi connectivity index (χ1) is 10.4. The summed E-state index contributed by atoms with van der Waals surface area (Å²) in [5, 5.41) is 19.3. The molecule has 0 aliphatic rings. The van der Waals surface area contributed by atoms with E-state index in [1.807, 2.05) is 0 Å². The topological polar surface area (TPSA) is 74.6 Å². The highest BCUT2D eigenvalue weighted by Crippen LogP contribution is 2.31. The molecule has 0 heterocycles. The maximum Gasteiger partial charge on any atom is 0.335 e. The molecule has 0 saturated carbocycles. The Balaban J connectivity index is 2.45. The molecule has 0 amide bonds. The zero-order chi connectivity index (χ0) is 16.3. The number of benzene rings is 2. The largest absolute Gasteiger partial charge is 0.481 e. The highest BCUT2D eigenvalue weighted by atomic mass is 35.5. The van der Waals surface area contributed by atoms with E-state index in [1.165, 1.54) is 18.2 Å². The van der Waals surface area contributed by atoms with Gasteiger partial charge in [-0.2, -0.15) is 0 Å². The number of carbonyl (C=O) groups is 2. The lowest BCUT2D eigenvalue weighted by Crippen LogP contribution is -2.16. The molecule has 0 saturated heterocycles.